The summed E-state index contributed by atoms with van der Waals surface area (Å²) in [5.41, 5.74) is 0.748. The number of amides is 2. The third kappa shape index (κ3) is 8.02. The second kappa shape index (κ2) is 12.0. The van der Waals surface area contributed by atoms with E-state index in [-0.39, 0.29) is 43.7 Å². The number of benzene rings is 1. The van der Waals surface area contributed by atoms with Crippen LogP contribution in [0.2, 0.25) is 0 Å². The number of piperazine rings is 1. The second-order valence-corrected chi connectivity index (χ2v) is 9.36. The van der Waals surface area contributed by atoms with Gasteiger partial charge in [0.1, 0.15) is 0 Å². The van der Waals surface area contributed by atoms with Crippen LogP contribution < -0.4 is 5.32 Å². The van der Waals surface area contributed by atoms with E-state index in [9.17, 15) is 18.0 Å². The van der Waals surface area contributed by atoms with Crippen LogP contribution in [0.4, 0.5) is 0 Å². The minimum Gasteiger partial charge on any atom is -0.385 e. The second-order valence-electron chi connectivity index (χ2n) is 7.39. The lowest BCUT2D eigenvalue weighted by Crippen LogP contribution is -2.53. The predicted octanol–water partition coefficient (Wildman–Crippen LogP) is -0.255. The van der Waals surface area contributed by atoms with Crippen molar-refractivity contribution in [2.45, 2.75) is 12.2 Å². The summed E-state index contributed by atoms with van der Waals surface area (Å²) in [5.74, 6) is -0.285. The molecule has 1 aliphatic heterocycles. The van der Waals surface area contributed by atoms with Gasteiger partial charge in [0.15, 0.2) is 0 Å². The van der Waals surface area contributed by atoms with Gasteiger partial charge in [-0.2, -0.15) is 4.31 Å². The zero-order chi connectivity index (χ0) is 22.0. The van der Waals surface area contributed by atoms with E-state index in [0.717, 1.165) is 12.0 Å². The Bertz CT molecular complexity index is 780. The van der Waals surface area contributed by atoms with Crippen LogP contribution in [-0.2, 0) is 30.1 Å². The number of carbonyl (C=O) groups excluding carboxylic acids is 2. The highest BCUT2D eigenvalue weighted by atomic mass is 32.2. The lowest BCUT2D eigenvalue weighted by Gasteiger charge is -2.34. The maximum absolute atomic E-state index is 12.6. The van der Waals surface area contributed by atoms with Gasteiger partial charge in [-0.25, -0.2) is 8.42 Å². The average molecular weight is 441 g/mol. The summed E-state index contributed by atoms with van der Waals surface area (Å²) in [6, 6.07) is 9.07. The highest BCUT2D eigenvalue weighted by Crippen LogP contribution is 2.13. The molecule has 1 N–H and O–H groups in total. The number of nitrogens with one attached hydrogen (secondary N) is 1. The molecule has 1 aromatic carbocycles. The van der Waals surface area contributed by atoms with Crippen molar-refractivity contribution in [3.8, 4) is 0 Å². The molecule has 0 radical (unpaired) electrons. The highest BCUT2D eigenvalue weighted by Gasteiger charge is 2.29. The fraction of sp³-hybridized carbons (Fsp3) is 0.600. The number of hydrogen-bond acceptors (Lipinski definition) is 6. The summed E-state index contributed by atoms with van der Waals surface area (Å²) in [4.78, 5) is 27.7. The Balaban J connectivity index is 1.73. The van der Waals surface area contributed by atoms with Crippen molar-refractivity contribution in [2.75, 3.05) is 66.6 Å². The lowest BCUT2D eigenvalue weighted by molar-refractivity contribution is -0.133. The molecular weight excluding hydrogens is 408 g/mol. The minimum absolute atomic E-state index is 0.0377. The first-order chi connectivity index (χ1) is 14.3. The van der Waals surface area contributed by atoms with Crippen LogP contribution in [0.5, 0.6) is 0 Å². The SMILES string of the molecule is COCCCNC(=O)CN(C)CC(=O)N1CCN(S(=O)(=O)Cc2ccccc2)CC1. The molecule has 1 fully saturated rings. The van der Waals surface area contributed by atoms with E-state index in [1.54, 1.807) is 36.1 Å². The predicted molar refractivity (Wildman–Crippen MR) is 114 cm³/mol. The third-order valence-corrected chi connectivity index (χ3v) is 6.69. The first-order valence-corrected chi connectivity index (χ1v) is 11.7. The van der Waals surface area contributed by atoms with Gasteiger partial charge in [-0.05, 0) is 19.0 Å². The van der Waals surface area contributed by atoms with Gasteiger partial charge in [0.25, 0.3) is 0 Å². The Morgan fingerprint density at radius 1 is 1.10 bits per heavy atom. The molecule has 2 amide bonds. The molecule has 0 aromatic heterocycles. The maximum Gasteiger partial charge on any atom is 0.236 e. The molecule has 10 heteroatoms. The van der Waals surface area contributed by atoms with E-state index in [2.05, 4.69) is 5.32 Å². The fourth-order valence-corrected chi connectivity index (χ4v) is 4.74. The van der Waals surface area contributed by atoms with Crippen molar-refractivity contribution in [1.29, 1.82) is 0 Å². The Kier molecular flexibility index (Phi) is 9.70. The number of sulfonamides is 1. The van der Waals surface area contributed by atoms with Crippen LogP contribution in [0, 0.1) is 0 Å². The smallest absolute Gasteiger partial charge is 0.236 e. The van der Waals surface area contributed by atoms with Gasteiger partial charge >= 0.3 is 0 Å². The highest BCUT2D eigenvalue weighted by molar-refractivity contribution is 7.88. The number of nitrogens with zero attached hydrogens (tertiary/aromatic N) is 3. The van der Waals surface area contributed by atoms with Crippen molar-refractivity contribution in [1.82, 2.24) is 19.4 Å². The van der Waals surface area contributed by atoms with E-state index in [1.807, 2.05) is 18.2 Å². The maximum atomic E-state index is 12.6. The zero-order valence-corrected chi connectivity index (χ0v) is 18.6. The molecule has 0 aliphatic carbocycles. The molecule has 1 heterocycles. The number of likely N-dealkylation sites (N-methyl/N-ethyl adjacent to an activating group) is 1. The lowest BCUT2D eigenvalue weighted by atomic mass is 10.2. The van der Waals surface area contributed by atoms with E-state index in [0.29, 0.717) is 26.2 Å². The average Bonchev–Trinajstić information content (AvgIpc) is 2.71. The van der Waals surface area contributed by atoms with Gasteiger partial charge in [0.2, 0.25) is 21.8 Å². The van der Waals surface area contributed by atoms with Gasteiger partial charge in [-0.1, -0.05) is 30.3 Å². The van der Waals surface area contributed by atoms with Gasteiger partial charge in [-0.15, -0.1) is 0 Å². The summed E-state index contributed by atoms with van der Waals surface area (Å²) >= 11 is 0. The topological polar surface area (TPSA) is 99.3 Å². The van der Waals surface area contributed by atoms with Gasteiger partial charge in [0.05, 0.1) is 18.8 Å². The molecule has 2 rings (SSSR count). The molecule has 1 saturated heterocycles. The van der Waals surface area contributed by atoms with Crippen molar-refractivity contribution in [2.24, 2.45) is 0 Å². The van der Waals surface area contributed by atoms with Crippen molar-refractivity contribution >= 4 is 21.8 Å². The number of ether oxygens (including phenoxy) is 1. The molecular formula is C20H32N4O5S. The summed E-state index contributed by atoms with van der Waals surface area (Å²) < 4.78 is 31.6. The summed E-state index contributed by atoms with van der Waals surface area (Å²) in [7, 11) is -0.0882. The van der Waals surface area contributed by atoms with Crippen LogP contribution >= 0.6 is 0 Å². The standard InChI is InChI=1S/C20H32N4O5S/c1-22(15-19(25)21-9-6-14-29-2)16-20(26)23-10-12-24(13-11-23)30(27,28)17-18-7-4-3-5-8-18/h3-5,7-8H,6,9-17H2,1-2H3,(H,21,25). The Hall–Kier alpha value is -2.01. The molecule has 9 nitrogen and oxygen atoms in total. The van der Waals surface area contributed by atoms with Crippen LogP contribution in [0.15, 0.2) is 30.3 Å². The Morgan fingerprint density at radius 3 is 2.40 bits per heavy atom. The van der Waals surface area contributed by atoms with Gasteiger partial charge in [-0.3, -0.25) is 14.5 Å². The first kappa shape index (κ1) is 24.3. The fourth-order valence-electron chi connectivity index (χ4n) is 3.22. The minimum atomic E-state index is -3.41. The summed E-state index contributed by atoms with van der Waals surface area (Å²) in [6.45, 7) is 2.63. The first-order valence-electron chi connectivity index (χ1n) is 10.1. The molecule has 0 unspecified atom stereocenters. The van der Waals surface area contributed by atoms with Gasteiger partial charge < -0.3 is 15.0 Å². The zero-order valence-electron chi connectivity index (χ0n) is 17.7. The van der Waals surface area contributed by atoms with E-state index < -0.39 is 10.0 Å². The third-order valence-electron chi connectivity index (χ3n) is 4.84. The van der Waals surface area contributed by atoms with E-state index in [1.165, 1.54) is 4.31 Å². The molecule has 1 aromatic rings. The van der Waals surface area contributed by atoms with Crippen molar-refractivity contribution in [3.05, 3.63) is 35.9 Å². The number of hydrogen-bond donors (Lipinski definition) is 1. The number of methoxy groups -OCH3 is 1. The molecule has 30 heavy (non-hydrogen) atoms. The summed E-state index contributed by atoms with van der Waals surface area (Å²) in [5, 5.41) is 2.78. The normalized spacial score (nSPS) is 15.4. The van der Waals surface area contributed by atoms with Crippen LogP contribution in [0.3, 0.4) is 0 Å². The van der Waals surface area contributed by atoms with Crippen LogP contribution in [-0.4, -0.2) is 101 Å². The Morgan fingerprint density at radius 2 is 1.77 bits per heavy atom. The monoisotopic (exact) mass is 440 g/mol. The van der Waals surface area contributed by atoms with Gasteiger partial charge in [0, 0.05) is 46.4 Å². The molecule has 168 valence electrons. The van der Waals surface area contributed by atoms with Crippen molar-refractivity contribution < 1.29 is 22.7 Å². The van der Waals surface area contributed by atoms with Crippen molar-refractivity contribution in [3.63, 3.8) is 0 Å². The van der Waals surface area contributed by atoms with Crippen LogP contribution in [0.25, 0.3) is 0 Å². The summed E-state index contributed by atoms with van der Waals surface area (Å²) in [6.07, 6.45) is 0.738. The molecule has 0 atom stereocenters. The molecule has 1 aliphatic rings. The quantitative estimate of drug-likeness (QED) is 0.476. The number of rotatable bonds is 11. The molecule has 0 bridgehead atoms. The molecule has 0 spiro atoms. The van der Waals surface area contributed by atoms with E-state index in [4.69, 9.17) is 4.74 Å². The number of carbonyl (C=O) groups is 2. The Labute approximate surface area is 179 Å². The molecule has 0 saturated carbocycles. The van der Waals surface area contributed by atoms with E-state index >= 15 is 0 Å². The largest absolute Gasteiger partial charge is 0.385 e. The van der Waals surface area contributed by atoms with Crippen LogP contribution in [0.1, 0.15) is 12.0 Å².